The third-order valence-corrected chi connectivity index (χ3v) is 4.58. The highest BCUT2D eigenvalue weighted by molar-refractivity contribution is 6.22. The summed E-state index contributed by atoms with van der Waals surface area (Å²) in [6.07, 6.45) is 2.62. The van der Waals surface area contributed by atoms with Gasteiger partial charge in [0.2, 0.25) is 0 Å². The van der Waals surface area contributed by atoms with Crippen LogP contribution in [0.4, 0.5) is 0 Å². The van der Waals surface area contributed by atoms with Crippen molar-refractivity contribution in [3.63, 3.8) is 0 Å². The Morgan fingerprint density at radius 1 is 1.12 bits per heavy atom. The molecule has 24 heavy (non-hydrogen) atoms. The molecule has 6 heteroatoms. The van der Waals surface area contributed by atoms with Gasteiger partial charge >= 0.3 is 0 Å². The van der Waals surface area contributed by atoms with Gasteiger partial charge in [-0.2, -0.15) is 0 Å². The first kappa shape index (κ1) is 16.6. The fraction of sp³-hybridized carbons (Fsp3) is 0.500. The number of hydrogen-bond acceptors (Lipinski definition) is 4. The van der Waals surface area contributed by atoms with Crippen molar-refractivity contribution in [2.75, 3.05) is 32.7 Å². The molecule has 2 aliphatic heterocycles. The molecule has 0 saturated carbocycles. The van der Waals surface area contributed by atoms with E-state index < -0.39 is 0 Å². The summed E-state index contributed by atoms with van der Waals surface area (Å²) in [5.41, 5.74) is 1.24. The fourth-order valence-corrected chi connectivity index (χ4v) is 3.17. The average Bonchev–Trinajstić information content (AvgIpc) is 2.81. The third-order valence-electron chi connectivity index (χ3n) is 4.58. The van der Waals surface area contributed by atoms with Crippen molar-refractivity contribution in [2.24, 2.45) is 0 Å². The molecule has 0 spiro atoms. The molecule has 0 bridgehead atoms. The van der Waals surface area contributed by atoms with Crippen LogP contribution in [0.15, 0.2) is 18.2 Å². The van der Waals surface area contributed by atoms with E-state index in [-0.39, 0.29) is 17.7 Å². The number of fused-ring (bicyclic) bond motifs is 1. The number of unbranched alkanes of at least 4 members (excludes halogenated alkanes) is 1. The number of benzene rings is 1. The maximum atomic E-state index is 12.7. The Bertz CT molecular complexity index is 663. The van der Waals surface area contributed by atoms with Crippen LogP contribution in [0.25, 0.3) is 0 Å². The highest BCUT2D eigenvalue weighted by Gasteiger charge is 2.35. The number of nitrogens with zero attached hydrogens (tertiary/aromatic N) is 2. The number of rotatable bonds is 4. The van der Waals surface area contributed by atoms with Crippen LogP contribution < -0.4 is 5.32 Å². The summed E-state index contributed by atoms with van der Waals surface area (Å²) in [5, 5.41) is 3.26. The minimum atomic E-state index is -0.282. The molecule has 1 saturated heterocycles. The summed E-state index contributed by atoms with van der Waals surface area (Å²) in [4.78, 5) is 40.6. The van der Waals surface area contributed by atoms with Crippen molar-refractivity contribution >= 4 is 17.7 Å². The van der Waals surface area contributed by atoms with Crippen molar-refractivity contribution in [3.05, 3.63) is 34.9 Å². The van der Waals surface area contributed by atoms with Crippen molar-refractivity contribution in [1.82, 2.24) is 15.1 Å². The Balaban J connectivity index is 1.82. The highest BCUT2D eigenvalue weighted by atomic mass is 16.2. The van der Waals surface area contributed by atoms with Gasteiger partial charge in [0, 0.05) is 31.7 Å². The minimum Gasteiger partial charge on any atom is -0.337 e. The van der Waals surface area contributed by atoms with E-state index in [1.54, 1.807) is 23.1 Å². The second kappa shape index (κ2) is 7.13. The Labute approximate surface area is 141 Å². The zero-order valence-corrected chi connectivity index (χ0v) is 14.0. The van der Waals surface area contributed by atoms with Crippen LogP contribution in [0, 0.1) is 0 Å². The van der Waals surface area contributed by atoms with Crippen LogP contribution in [0.2, 0.25) is 0 Å². The van der Waals surface area contributed by atoms with Crippen LogP contribution in [-0.2, 0) is 0 Å². The molecule has 1 N–H and O–H groups in total. The average molecular weight is 329 g/mol. The summed E-state index contributed by atoms with van der Waals surface area (Å²) in [6.45, 7) is 5.50. The lowest BCUT2D eigenvalue weighted by Gasteiger charge is -2.20. The van der Waals surface area contributed by atoms with E-state index in [1.807, 2.05) is 6.92 Å². The van der Waals surface area contributed by atoms with Gasteiger partial charge in [0.1, 0.15) is 0 Å². The van der Waals surface area contributed by atoms with Gasteiger partial charge in [0.15, 0.2) is 0 Å². The molecule has 0 atom stereocenters. The predicted octanol–water partition coefficient (Wildman–Crippen LogP) is 1.52. The monoisotopic (exact) mass is 329 g/mol. The normalized spacial score (nSPS) is 17.9. The van der Waals surface area contributed by atoms with E-state index in [9.17, 15) is 14.4 Å². The number of amides is 3. The Morgan fingerprint density at radius 3 is 2.71 bits per heavy atom. The number of nitrogens with one attached hydrogen (secondary N) is 1. The Morgan fingerprint density at radius 2 is 1.92 bits per heavy atom. The number of carbonyl (C=O) groups excluding carboxylic acids is 3. The number of carbonyl (C=O) groups is 3. The molecule has 2 aliphatic rings. The van der Waals surface area contributed by atoms with Gasteiger partial charge in [-0.15, -0.1) is 0 Å². The van der Waals surface area contributed by atoms with Gasteiger partial charge < -0.3 is 10.2 Å². The van der Waals surface area contributed by atoms with Crippen LogP contribution >= 0.6 is 0 Å². The second-order valence-electron chi connectivity index (χ2n) is 6.27. The smallest absolute Gasteiger partial charge is 0.261 e. The second-order valence-corrected chi connectivity index (χ2v) is 6.27. The van der Waals surface area contributed by atoms with Crippen LogP contribution in [0.1, 0.15) is 57.3 Å². The minimum absolute atomic E-state index is 0.0752. The zero-order valence-electron chi connectivity index (χ0n) is 14.0. The molecule has 3 amide bonds. The fourth-order valence-electron chi connectivity index (χ4n) is 3.17. The highest BCUT2D eigenvalue weighted by Crippen LogP contribution is 2.25. The van der Waals surface area contributed by atoms with E-state index in [0.717, 1.165) is 32.4 Å². The first-order valence-electron chi connectivity index (χ1n) is 8.63. The molecule has 0 aliphatic carbocycles. The van der Waals surface area contributed by atoms with Crippen molar-refractivity contribution in [2.45, 2.75) is 26.2 Å². The van der Waals surface area contributed by atoms with Crippen molar-refractivity contribution in [3.8, 4) is 0 Å². The molecule has 3 rings (SSSR count). The molecule has 0 radical (unpaired) electrons. The molecule has 128 valence electrons. The first-order chi connectivity index (χ1) is 11.6. The van der Waals surface area contributed by atoms with E-state index in [1.165, 1.54) is 4.90 Å². The van der Waals surface area contributed by atoms with E-state index in [0.29, 0.717) is 36.3 Å². The summed E-state index contributed by atoms with van der Waals surface area (Å²) < 4.78 is 0. The maximum absolute atomic E-state index is 12.7. The van der Waals surface area contributed by atoms with Gasteiger partial charge in [0.05, 0.1) is 11.1 Å². The molecule has 0 unspecified atom stereocenters. The summed E-state index contributed by atoms with van der Waals surface area (Å²) in [7, 11) is 0. The van der Waals surface area contributed by atoms with Gasteiger partial charge in [-0.05, 0) is 37.6 Å². The van der Waals surface area contributed by atoms with Crippen molar-refractivity contribution < 1.29 is 14.4 Å². The van der Waals surface area contributed by atoms with Crippen LogP contribution in [0.3, 0.4) is 0 Å². The van der Waals surface area contributed by atoms with E-state index in [2.05, 4.69) is 5.32 Å². The lowest BCUT2D eigenvalue weighted by atomic mass is 10.0. The quantitative estimate of drug-likeness (QED) is 0.850. The van der Waals surface area contributed by atoms with Gasteiger partial charge in [-0.25, -0.2) is 0 Å². The summed E-state index contributed by atoms with van der Waals surface area (Å²) in [5.74, 6) is -0.606. The van der Waals surface area contributed by atoms with Gasteiger partial charge in [0.25, 0.3) is 17.7 Å². The standard InChI is InChI=1S/C18H23N3O3/c1-2-3-10-21-17(23)14-6-5-13(12-15(14)18(21)24)16(22)20-9-4-7-19-8-11-20/h5-6,12,19H,2-4,7-11H2,1H3. The van der Waals surface area contributed by atoms with Crippen LogP contribution in [0.5, 0.6) is 0 Å². The largest absolute Gasteiger partial charge is 0.337 e. The maximum Gasteiger partial charge on any atom is 0.261 e. The first-order valence-corrected chi connectivity index (χ1v) is 8.63. The number of imide groups is 1. The Hall–Kier alpha value is -2.21. The molecular formula is C18H23N3O3. The Kier molecular flexibility index (Phi) is 4.94. The van der Waals surface area contributed by atoms with Crippen molar-refractivity contribution in [1.29, 1.82) is 0 Å². The zero-order chi connectivity index (χ0) is 17.1. The van der Waals surface area contributed by atoms with Gasteiger partial charge in [-0.1, -0.05) is 13.3 Å². The topological polar surface area (TPSA) is 69.7 Å². The molecule has 1 aromatic carbocycles. The molecule has 6 nitrogen and oxygen atoms in total. The SMILES string of the molecule is CCCCN1C(=O)c2ccc(C(=O)N3CCCNCC3)cc2C1=O. The molecular weight excluding hydrogens is 306 g/mol. The third kappa shape index (κ3) is 3.06. The predicted molar refractivity (Wildman–Crippen MR) is 90.1 cm³/mol. The van der Waals surface area contributed by atoms with Crippen LogP contribution in [-0.4, -0.2) is 60.2 Å². The summed E-state index contributed by atoms with van der Waals surface area (Å²) >= 11 is 0. The molecule has 2 heterocycles. The molecule has 1 fully saturated rings. The summed E-state index contributed by atoms with van der Waals surface area (Å²) in [6, 6.07) is 4.86. The van der Waals surface area contributed by atoms with E-state index in [4.69, 9.17) is 0 Å². The van der Waals surface area contributed by atoms with Gasteiger partial charge in [-0.3, -0.25) is 19.3 Å². The lowest BCUT2D eigenvalue weighted by molar-refractivity contribution is 0.0652. The number of hydrogen-bond donors (Lipinski definition) is 1. The molecule has 1 aromatic rings. The molecule has 0 aromatic heterocycles. The van der Waals surface area contributed by atoms with E-state index >= 15 is 0 Å². The lowest BCUT2D eigenvalue weighted by Crippen LogP contribution is -2.34.